The van der Waals surface area contributed by atoms with Crippen molar-refractivity contribution in [2.24, 2.45) is 0 Å². The lowest BCUT2D eigenvalue weighted by atomic mass is 10.2. The van der Waals surface area contributed by atoms with E-state index in [1.54, 1.807) is 18.2 Å². The first-order chi connectivity index (χ1) is 14.8. The van der Waals surface area contributed by atoms with Gasteiger partial charge in [-0.1, -0.05) is 11.6 Å². The predicted molar refractivity (Wildman–Crippen MR) is 114 cm³/mol. The number of sulfonamides is 1. The smallest absolute Gasteiger partial charge is 0.263 e. The molecular weight excluding hydrogens is 447 g/mol. The molecule has 3 aromatic rings. The summed E-state index contributed by atoms with van der Waals surface area (Å²) in [6.45, 7) is 0.858. The number of hydrogen-bond donors (Lipinski definition) is 2. The maximum Gasteiger partial charge on any atom is 0.263 e. The maximum absolute atomic E-state index is 13.1. The van der Waals surface area contributed by atoms with Gasteiger partial charge in [0.2, 0.25) is 0 Å². The lowest BCUT2D eigenvalue weighted by Crippen LogP contribution is -2.17. The number of halogens is 2. The van der Waals surface area contributed by atoms with Crippen LogP contribution in [0.3, 0.4) is 0 Å². The largest absolute Gasteiger partial charge is 0.486 e. The molecule has 0 radical (unpaired) electrons. The van der Waals surface area contributed by atoms with Crippen LogP contribution in [0.4, 0.5) is 15.8 Å². The van der Waals surface area contributed by atoms with Gasteiger partial charge < -0.3 is 14.8 Å². The molecule has 7 nitrogen and oxygen atoms in total. The van der Waals surface area contributed by atoms with Gasteiger partial charge in [-0.25, -0.2) is 12.8 Å². The Labute approximate surface area is 182 Å². The highest BCUT2D eigenvalue weighted by atomic mass is 35.5. The SMILES string of the molecule is O=C(Nc1ccc2c(c1)OCCO2)c1ccc(Cl)c(S(=O)(=O)Nc2ccc(F)cc2)c1. The highest BCUT2D eigenvalue weighted by Gasteiger charge is 2.21. The molecule has 160 valence electrons. The monoisotopic (exact) mass is 462 g/mol. The molecule has 1 heterocycles. The van der Waals surface area contributed by atoms with Gasteiger partial charge in [-0.3, -0.25) is 9.52 Å². The van der Waals surface area contributed by atoms with Gasteiger partial charge >= 0.3 is 0 Å². The van der Waals surface area contributed by atoms with E-state index in [4.69, 9.17) is 21.1 Å². The fraction of sp³-hybridized carbons (Fsp3) is 0.0952. The lowest BCUT2D eigenvalue weighted by Gasteiger charge is -2.19. The van der Waals surface area contributed by atoms with Crippen molar-refractivity contribution in [3.05, 3.63) is 77.1 Å². The Morgan fingerprint density at radius 2 is 1.58 bits per heavy atom. The number of amides is 1. The normalized spacial score (nSPS) is 12.8. The van der Waals surface area contributed by atoms with E-state index in [9.17, 15) is 17.6 Å². The molecule has 1 aliphatic heterocycles. The van der Waals surface area contributed by atoms with Crippen molar-refractivity contribution in [2.45, 2.75) is 4.90 Å². The summed E-state index contributed by atoms with van der Waals surface area (Å²) in [4.78, 5) is 12.4. The molecule has 0 atom stereocenters. The molecule has 31 heavy (non-hydrogen) atoms. The molecule has 0 saturated carbocycles. The summed E-state index contributed by atoms with van der Waals surface area (Å²) < 4.78 is 51.8. The second-order valence-electron chi connectivity index (χ2n) is 6.57. The van der Waals surface area contributed by atoms with Crippen molar-refractivity contribution in [3.63, 3.8) is 0 Å². The second-order valence-corrected chi connectivity index (χ2v) is 8.63. The van der Waals surface area contributed by atoms with Crippen molar-refractivity contribution in [1.29, 1.82) is 0 Å². The number of hydrogen-bond acceptors (Lipinski definition) is 5. The topological polar surface area (TPSA) is 93.7 Å². The Kier molecular flexibility index (Phi) is 5.71. The van der Waals surface area contributed by atoms with Crippen LogP contribution in [0.1, 0.15) is 10.4 Å². The minimum absolute atomic E-state index is 0.0644. The van der Waals surface area contributed by atoms with Crippen LogP contribution in [0.15, 0.2) is 65.6 Å². The molecule has 1 aliphatic rings. The summed E-state index contributed by atoms with van der Waals surface area (Å²) in [5.41, 5.74) is 0.695. The van der Waals surface area contributed by atoms with Crippen molar-refractivity contribution >= 4 is 38.9 Å². The molecule has 1 amide bonds. The van der Waals surface area contributed by atoms with Crippen LogP contribution in [0.2, 0.25) is 5.02 Å². The van der Waals surface area contributed by atoms with Crippen molar-refractivity contribution in [2.75, 3.05) is 23.3 Å². The number of nitrogens with one attached hydrogen (secondary N) is 2. The molecule has 0 aromatic heterocycles. The highest BCUT2D eigenvalue weighted by molar-refractivity contribution is 7.92. The van der Waals surface area contributed by atoms with E-state index < -0.39 is 21.7 Å². The second kappa shape index (κ2) is 8.44. The van der Waals surface area contributed by atoms with Crippen molar-refractivity contribution in [3.8, 4) is 11.5 Å². The molecule has 4 rings (SSSR count). The maximum atomic E-state index is 13.1. The Bertz CT molecular complexity index is 1250. The van der Waals surface area contributed by atoms with Gasteiger partial charge in [0.25, 0.3) is 15.9 Å². The Balaban J connectivity index is 1.56. The van der Waals surface area contributed by atoms with E-state index in [0.29, 0.717) is 30.4 Å². The number of ether oxygens (including phenoxy) is 2. The number of carbonyl (C=O) groups is 1. The minimum atomic E-state index is -4.12. The molecule has 3 aromatic carbocycles. The van der Waals surface area contributed by atoms with E-state index in [0.717, 1.165) is 12.1 Å². The van der Waals surface area contributed by atoms with Gasteiger partial charge in [0.15, 0.2) is 11.5 Å². The zero-order valence-corrected chi connectivity index (χ0v) is 17.5. The summed E-state index contributed by atoms with van der Waals surface area (Å²) >= 11 is 6.08. The summed E-state index contributed by atoms with van der Waals surface area (Å²) in [6.07, 6.45) is 0. The molecule has 0 fully saturated rings. The third-order valence-corrected chi connectivity index (χ3v) is 6.24. The third kappa shape index (κ3) is 4.73. The standard InChI is InChI=1S/C21H16ClFN2O5S/c22-17-7-1-13(11-20(17)31(27,28)25-15-4-2-14(23)3-5-15)21(26)24-16-6-8-18-19(12-16)30-10-9-29-18/h1-8,11-12,25H,9-10H2,(H,24,26). The Morgan fingerprint density at radius 3 is 2.32 bits per heavy atom. The average Bonchev–Trinajstić information content (AvgIpc) is 2.75. The fourth-order valence-corrected chi connectivity index (χ4v) is 4.49. The molecular formula is C21H16ClFN2O5S. The van der Waals surface area contributed by atoms with Gasteiger partial charge in [-0.2, -0.15) is 0 Å². The summed E-state index contributed by atoms with van der Waals surface area (Å²) in [7, 11) is -4.12. The van der Waals surface area contributed by atoms with Gasteiger partial charge in [0.1, 0.15) is 23.9 Å². The zero-order valence-electron chi connectivity index (χ0n) is 15.9. The quantitative estimate of drug-likeness (QED) is 0.589. The number of benzene rings is 3. The van der Waals surface area contributed by atoms with Crippen molar-refractivity contribution < 1.29 is 27.1 Å². The number of fused-ring (bicyclic) bond motifs is 1. The first kappa shape index (κ1) is 21.0. The van der Waals surface area contributed by atoms with Crippen LogP contribution in [-0.2, 0) is 10.0 Å². The first-order valence-corrected chi connectivity index (χ1v) is 11.0. The molecule has 0 aliphatic carbocycles. The zero-order chi connectivity index (χ0) is 22.0. The van der Waals surface area contributed by atoms with Crippen LogP contribution in [0.5, 0.6) is 11.5 Å². The number of anilines is 2. The third-order valence-electron chi connectivity index (χ3n) is 4.38. The van der Waals surface area contributed by atoms with E-state index in [1.807, 2.05) is 0 Å². The average molecular weight is 463 g/mol. The van der Waals surface area contributed by atoms with Gasteiger partial charge in [-0.15, -0.1) is 0 Å². The highest BCUT2D eigenvalue weighted by Crippen LogP contribution is 2.33. The Hall–Kier alpha value is -3.30. The van der Waals surface area contributed by atoms with Crippen molar-refractivity contribution in [1.82, 2.24) is 0 Å². The fourth-order valence-electron chi connectivity index (χ4n) is 2.90. The van der Waals surface area contributed by atoms with Gasteiger partial charge in [0.05, 0.1) is 5.02 Å². The minimum Gasteiger partial charge on any atom is -0.486 e. The summed E-state index contributed by atoms with van der Waals surface area (Å²) in [5, 5.41) is 2.62. The molecule has 0 bridgehead atoms. The van der Waals surface area contributed by atoms with Crippen LogP contribution in [-0.4, -0.2) is 27.5 Å². The van der Waals surface area contributed by atoms with Gasteiger partial charge in [-0.05, 0) is 54.6 Å². The molecule has 0 unspecified atom stereocenters. The summed E-state index contributed by atoms with van der Waals surface area (Å²) in [5.74, 6) is 0.0493. The number of rotatable bonds is 5. The van der Waals surface area contributed by atoms with E-state index in [-0.39, 0.29) is 21.2 Å². The lowest BCUT2D eigenvalue weighted by molar-refractivity contribution is 0.102. The van der Waals surface area contributed by atoms with E-state index in [2.05, 4.69) is 10.0 Å². The van der Waals surface area contributed by atoms with Crippen LogP contribution in [0, 0.1) is 5.82 Å². The molecule has 0 spiro atoms. The summed E-state index contributed by atoms with van der Waals surface area (Å²) in [6, 6.07) is 13.6. The number of carbonyl (C=O) groups excluding carboxylic acids is 1. The first-order valence-electron chi connectivity index (χ1n) is 9.11. The van der Waals surface area contributed by atoms with Crippen LogP contribution in [0.25, 0.3) is 0 Å². The van der Waals surface area contributed by atoms with Crippen LogP contribution < -0.4 is 19.5 Å². The molecule has 10 heteroatoms. The molecule has 2 N–H and O–H groups in total. The van der Waals surface area contributed by atoms with E-state index >= 15 is 0 Å². The van der Waals surface area contributed by atoms with E-state index in [1.165, 1.54) is 30.3 Å². The molecule has 0 saturated heterocycles. The predicted octanol–water partition coefficient (Wildman–Crippen LogP) is 4.30. The van der Waals surface area contributed by atoms with Gasteiger partial charge in [0, 0.05) is 23.0 Å². The van der Waals surface area contributed by atoms with Crippen LogP contribution >= 0.6 is 11.6 Å². The Morgan fingerprint density at radius 1 is 0.903 bits per heavy atom.